The first-order valence-electron chi connectivity index (χ1n) is 2.68. The number of rotatable bonds is 1. The standard InChI is InChI=1S/C5H7F4NO/c1-10(2)4(11)3(6)5(7,8)9/h3H,1-2H3. The zero-order valence-corrected chi connectivity index (χ0v) is 5.94. The average Bonchev–Trinajstić information content (AvgIpc) is 1.82. The van der Waals surface area contributed by atoms with Gasteiger partial charge in [0.1, 0.15) is 0 Å². The molecular formula is C5H7F4NO. The lowest BCUT2D eigenvalue weighted by Crippen LogP contribution is -2.40. The summed E-state index contributed by atoms with van der Waals surface area (Å²) < 4.78 is 46.4. The highest BCUT2D eigenvalue weighted by molar-refractivity contribution is 5.81. The lowest BCUT2D eigenvalue weighted by Gasteiger charge is -2.15. The first kappa shape index (κ1) is 10.2. The number of alkyl halides is 4. The van der Waals surface area contributed by atoms with Gasteiger partial charge in [0.2, 0.25) is 0 Å². The highest BCUT2D eigenvalue weighted by Gasteiger charge is 2.46. The zero-order chi connectivity index (χ0) is 9.23. The Kier molecular flexibility index (Phi) is 2.84. The van der Waals surface area contributed by atoms with Crippen LogP contribution in [0.1, 0.15) is 0 Å². The van der Waals surface area contributed by atoms with E-state index >= 15 is 0 Å². The van der Waals surface area contributed by atoms with Crippen molar-refractivity contribution in [2.75, 3.05) is 14.1 Å². The molecule has 2 nitrogen and oxygen atoms in total. The fourth-order valence-corrected chi connectivity index (χ4v) is 0.367. The summed E-state index contributed by atoms with van der Waals surface area (Å²) in [6.45, 7) is 0. The molecule has 1 unspecified atom stereocenters. The molecule has 0 aliphatic carbocycles. The summed E-state index contributed by atoms with van der Waals surface area (Å²) in [4.78, 5) is 10.9. The van der Waals surface area contributed by atoms with Crippen LogP contribution < -0.4 is 0 Å². The predicted molar refractivity (Wildman–Crippen MR) is 29.6 cm³/mol. The van der Waals surface area contributed by atoms with Gasteiger partial charge in [0.05, 0.1) is 0 Å². The van der Waals surface area contributed by atoms with Crippen molar-refractivity contribution < 1.29 is 22.4 Å². The molecule has 0 saturated carbocycles. The smallest absolute Gasteiger partial charge is 0.346 e. The van der Waals surface area contributed by atoms with Gasteiger partial charge in [0, 0.05) is 14.1 Å². The molecule has 0 N–H and O–H groups in total. The van der Waals surface area contributed by atoms with Crippen molar-refractivity contribution in [3.8, 4) is 0 Å². The number of nitrogens with zero attached hydrogens (tertiary/aromatic N) is 1. The van der Waals surface area contributed by atoms with E-state index in [4.69, 9.17) is 0 Å². The minimum atomic E-state index is -5.10. The molecule has 0 aromatic carbocycles. The van der Waals surface area contributed by atoms with Crippen LogP contribution in [-0.4, -0.2) is 37.3 Å². The SMILES string of the molecule is CN(C)C(=O)C(F)C(F)(F)F. The first-order chi connectivity index (χ1) is 4.76. The van der Waals surface area contributed by atoms with E-state index in [0.717, 1.165) is 14.1 Å². The van der Waals surface area contributed by atoms with E-state index in [-0.39, 0.29) is 0 Å². The van der Waals surface area contributed by atoms with Crippen molar-refractivity contribution in [3.63, 3.8) is 0 Å². The monoisotopic (exact) mass is 173 g/mol. The van der Waals surface area contributed by atoms with Crippen LogP contribution in [0.25, 0.3) is 0 Å². The van der Waals surface area contributed by atoms with Gasteiger partial charge in [0.15, 0.2) is 0 Å². The van der Waals surface area contributed by atoms with Crippen LogP contribution >= 0.6 is 0 Å². The molecule has 0 fully saturated rings. The van der Waals surface area contributed by atoms with Crippen molar-refractivity contribution in [1.82, 2.24) is 4.90 Å². The predicted octanol–water partition coefficient (Wildman–Crippen LogP) is 0.975. The minimum Gasteiger partial charge on any atom is -0.346 e. The third-order valence-corrected chi connectivity index (χ3v) is 0.945. The van der Waals surface area contributed by atoms with E-state index in [2.05, 4.69) is 0 Å². The van der Waals surface area contributed by atoms with E-state index in [0.29, 0.717) is 4.90 Å². The third kappa shape index (κ3) is 2.73. The summed E-state index contributed by atoms with van der Waals surface area (Å²) in [7, 11) is 2.11. The molecular weight excluding hydrogens is 166 g/mol. The maximum Gasteiger partial charge on any atom is 0.428 e. The fourth-order valence-electron chi connectivity index (χ4n) is 0.367. The molecule has 0 rings (SSSR count). The number of amides is 1. The van der Waals surface area contributed by atoms with Crippen LogP contribution in [0, 0.1) is 0 Å². The van der Waals surface area contributed by atoms with Gasteiger partial charge in [0.25, 0.3) is 12.1 Å². The summed E-state index contributed by atoms with van der Waals surface area (Å²) in [5, 5.41) is 0. The molecule has 6 heteroatoms. The largest absolute Gasteiger partial charge is 0.428 e. The molecule has 1 amide bonds. The Hall–Kier alpha value is -0.810. The number of halogens is 4. The second-order valence-corrected chi connectivity index (χ2v) is 2.14. The van der Waals surface area contributed by atoms with Crippen LogP contribution in [0.5, 0.6) is 0 Å². The molecule has 0 aliphatic rings. The Labute approximate surface area is 60.8 Å². The summed E-state index contributed by atoms with van der Waals surface area (Å²) in [5.74, 6) is -1.59. The van der Waals surface area contributed by atoms with Gasteiger partial charge in [-0.3, -0.25) is 4.79 Å². The van der Waals surface area contributed by atoms with Gasteiger partial charge < -0.3 is 4.90 Å². The Morgan fingerprint density at radius 3 is 1.82 bits per heavy atom. The summed E-state index contributed by atoms with van der Waals surface area (Å²) >= 11 is 0. The number of carbonyl (C=O) groups excluding carboxylic acids is 1. The summed E-state index contributed by atoms with van der Waals surface area (Å²) in [6.07, 6.45) is -8.50. The Bertz CT molecular complexity index is 153. The van der Waals surface area contributed by atoms with E-state index in [1.165, 1.54) is 0 Å². The number of hydrogen-bond donors (Lipinski definition) is 0. The molecule has 0 heterocycles. The first-order valence-corrected chi connectivity index (χ1v) is 2.68. The van der Waals surface area contributed by atoms with Gasteiger partial charge in [-0.05, 0) is 0 Å². The normalized spacial score (nSPS) is 14.4. The van der Waals surface area contributed by atoms with Crippen molar-refractivity contribution in [2.45, 2.75) is 12.3 Å². The van der Waals surface area contributed by atoms with Crippen molar-refractivity contribution in [2.24, 2.45) is 0 Å². The lowest BCUT2D eigenvalue weighted by molar-refractivity contribution is -0.191. The summed E-state index contributed by atoms with van der Waals surface area (Å²) in [6, 6.07) is 0. The molecule has 0 spiro atoms. The molecule has 0 aromatic rings. The topological polar surface area (TPSA) is 20.3 Å². The van der Waals surface area contributed by atoms with Crippen molar-refractivity contribution in [1.29, 1.82) is 0 Å². The second-order valence-electron chi connectivity index (χ2n) is 2.14. The van der Waals surface area contributed by atoms with Crippen LogP contribution in [0.15, 0.2) is 0 Å². The number of carbonyl (C=O) groups is 1. The molecule has 1 atom stereocenters. The molecule has 0 bridgehead atoms. The Balaban J connectivity index is 4.26. The van der Waals surface area contributed by atoms with E-state index in [1.807, 2.05) is 0 Å². The highest BCUT2D eigenvalue weighted by Crippen LogP contribution is 2.23. The minimum absolute atomic E-state index is 0.554. The Morgan fingerprint density at radius 2 is 1.73 bits per heavy atom. The van der Waals surface area contributed by atoms with Crippen LogP contribution in [0.3, 0.4) is 0 Å². The molecule has 0 aliphatic heterocycles. The van der Waals surface area contributed by atoms with Gasteiger partial charge in [-0.2, -0.15) is 13.2 Å². The number of hydrogen-bond acceptors (Lipinski definition) is 1. The summed E-state index contributed by atoms with van der Waals surface area (Å²) in [5.41, 5.74) is 0. The van der Waals surface area contributed by atoms with Gasteiger partial charge in [-0.1, -0.05) is 0 Å². The second kappa shape index (κ2) is 3.06. The van der Waals surface area contributed by atoms with Crippen LogP contribution in [-0.2, 0) is 4.79 Å². The molecule has 0 saturated heterocycles. The average molecular weight is 173 g/mol. The van der Waals surface area contributed by atoms with Crippen molar-refractivity contribution in [3.05, 3.63) is 0 Å². The highest BCUT2D eigenvalue weighted by atomic mass is 19.4. The van der Waals surface area contributed by atoms with Gasteiger partial charge >= 0.3 is 6.18 Å². The zero-order valence-electron chi connectivity index (χ0n) is 5.94. The van der Waals surface area contributed by atoms with E-state index in [9.17, 15) is 22.4 Å². The fraction of sp³-hybridized carbons (Fsp3) is 0.800. The molecule has 0 radical (unpaired) electrons. The van der Waals surface area contributed by atoms with E-state index in [1.54, 1.807) is 0 Å². The quantitative estimate of drug-likeness (QED) is 0.541. The van der Waals surface area contributed by atoms with E-state index < -0.39 is 18.3 Å². The van der Waals surface area contributed by atoms with Gasteiger partial charge in [-0.25, -0.2) is 4.39 Å². The molecule has 11 heavy (non-hydrogen) atoms. The lowest BCUT2D eigenvalue weighted by atomic mass is 10.3. The molecule has 0 aromatic heterocycles. The van der Waals surface area contributed by atoms with Crippen LogP contribution in [0.2, 0.25) is 0 Å². The van der Waals surface area contributed by atoms with Crippen LogP contribution in [0.4, 0.5) is 17.6 Å². The van der Waals surface area contributed by atoms with Crippen molar-refractivity contribution >= 4 is 5.91 Å². The molecule has 66 valence electrons. The van der Waals surface area contributed by atoms with Gasteiger partial charge in [-0.15, -0.1) is 0 Å². The maximum absolute atomic E-state index is 12.0. The maximum atomic E-state index is 12.0. The third-order valence-electron chi connectivity index (χ3n) is 0.945. The Morgan fingerprint density at radius 1 is 1.36 bits per heavy atom.